The van der Waals surface area contributed by atoms with E-state index in [2.05, 4.69) is 0 Å². The monoisotopic (exact) mass is 236 g/mol. The molecule has 0 saturated heterocycles. The molecule has 94 valence electrons. The molecule has 0 bridgehead atoms. The van der Waals surface area contributed by atoms with E-state index in [9.17, 15) is 9.90 Å². The molecule has 1 aromatic rings. The summed E-state index contributed by atoms with van der Waals surface area (Å²) in [5.74, 6) is -0.133. The van der Waals surface area contributed by atoms with Crippen LogP contribution in [0, 0.1) is 6.92 Å². The third kappa shape index (κ3) is 2.99. The molecule has 0 unspecified atom stereocenters. The van der Waals surface area contributed by atoms with E-state index < -0.39 is 5.97 Å². The molecule has 3 nitrogen and oxygen atoms in total. The predicted molar refractivity (Wildman–Crippen MR) is 68.0 cm³/mol. The normalized spacial score (nSPS) is 10.6. The lowest BCUT2D eigenvalue weighted by atomic mass is 9.96. The lowest BCUT2D eigenvalue weighted by Crippen LogP contribution is -2.09. The molecule has 1 aromatic carbocycles. The molecule has 0 aliphatic heterocycles. The highest BCUT2D eigenvalue weighted by molar-refractivity contribution is 5.93. The standard InChI is InChI=1S/C14H20O3/c1-5-8-17-13-11(9(2)3)7-6-10(4)12(13)14(15)16/h6-7,9H,5,8H2,1-4H3,(H,15,16). The number of hydrogen-bond donors (Lipinski definition) is 1. The molecule has 0 saturated carbocycles. The third-order valence-electron chi connectivity index (χ3n) is 2.68. The molecule has 0 aliphatic carbocycles. The highest BCUT2D eigenvalue weighted by Crippen LogP contribution is 2.32. The number of carbonyl (C=O) groups is 1. The number of aromatic carboxylic acids is 1. The van der Waals surface area contributed by atoms with Crippen LogP contribution >= 0.6 is 0 Å². The van der Waals surface area contributed by atoms with Crippen molar-refractivity contribution in [1.82, 2.24) is 0 Å². The van der Waals surface area contributed by atoms with E-state index in [1.54, 1.807) is 6.92 Å². The van der Waals surface area contributed by atoms with Crippen LogP contribution in [0.1, 0.15) is 54.6 Å². The van der Waals surface area contributed by atoms with Gasteiger partial charge in [-0.2, -0.15) is 0 Å². The zero-order chi connectivity index (χ0) is 13.0. The molecule has 3 heteroatoms. The van der Waals surface area contributed by atoms with Crippen LogP contribution in [-0.2, 0) is 0 Å². The van der Waals surface area contributed by atoms with Gasteiger partial charge in [-0.15, -0.1) is 0 Å². The van der Waals surface area contributed by atoms with Gasteiger partial charge in [0.1, 0.15) is 11.3 Å². The van der Waals surface area contributed by atoms with E-state index in [-0.39, 0.29) is 5.92 Å². The average molecular weight is 236 g/mol. The minimum atomic E-state index is -0.920. The van der Waals surface area contributed by atoms with Gasteiger partial charge in [0, 0.05) is 0 Å². The molecular formula is C14H20O3. The quantitative estimate of drug-likeness (QED) is 0.849. The fourth-order valence-corrected chi connectivity index (χ4v) is 1.78. The van der Waals surface area contributed by atoms with Crippen LogP contribution in [0.4, 0.5) is 0 Å². The number of ether oxygens (including phenoxy) is 1. The molecule has 17 heavy (non-hydrogen) atoms. The van der Waals surface area contributed by atoms with Gasteiger partial charge in [-0.05, 0) is 30.4 Å². The second-order valence-electron chi connectivity index (χ2n) is 4.48. The van der Waals surface area contributed by atoms with Crippen molar-refractivity contribution >= 4 is 5.97 Å². The summed E-state index contributed by atoms with van der Waals surface area (Å²) >= 11 is 0. The summed E-state index contributed by atoms with van der Waals surface area (Å²) in [5.41, 5.74) is 2.00. The maximum Gasteiger partial charge on any atom is 0.339 e. The van der Waals surface area contributed by atoms with Gasteiger partial charge in [-0.25, -0.2) is 4.79 Å². The fourth-order valence-electron chi connectivity index (χ4n) is 1.78. The predicted octanol–water partition coefficient (Wildman–Crippen LogP) is 3.61. The highest BCUT2D eigenvalue weighted by Gasteiger charge is 2.19. The van der Waals surface area contributed by atoms with Crippen molar-refractivity contribution in [1.29, 1.82) is 0 Å². The van der Waals surface area contributed by atoms with Gasteiger partial charge in [0.2, 0.25) is 0 Å². The molecule has 0 aromatic heterocycles. The van der Waals surface area contributed by atoms with Gasteiger partial charge < -0.3 is 9.84 Å². The fraction of sp³-hybridized carbons (Fsp3) is 0.500. The Balaban J connectivity index is 3.33. The Hall–Kier alpha value is -1.51. The average Bonchev–Trinajstić information content (AvgIpc) is 2.25. The molecule has 1 rings (SSSR count). The number of carboxylic acids is 1. The van der Waals surface area contributed by atoms with E-state index in [0.717, 1.165) is 17.5 Å². The number of hydrogen-bond acceptors (Lipinski definition) is 2. The van der Waals surface area contributed by atoms with Gasteiger partial charge in [0.25, 0.3) is 0 Å². The number of aryl methyl sites for hydroxylation is 1. The largest absolute Gasteiger partial charge is 0.492 e. The minimum absolute atomic E-state index is 0.251. The van der Waals surface area contributed by atoms with Gasteiger partial charge in [0.15, 0.2) is 0 Å². The van der Waals surface area contributed by atoms with E-state index in [0.29, 0.717) is 17.9 Å². The van der Waals surface area contributed by atoms with Crippen LogP contribution in [0.25, 0.3) is 0 Å². The lowest BCUT2D eigenvalue weighted by molar-refractivity contribution is 0.0691. The molecule has 0 spiro atoms. The van der Waals surface area contributed by atoms with Gasteiger partial charge in [-0.1, -0.05) is 32.9 Å². The van der Waals surface area contributed by atoms with Crippen molar-refractivity contribution in [2.24, 2.45) is 0 Å². The Morgan fingerprint density at radius 1 is 1.41 bits per heavy atom. The van der Waals surface area contributed by atoms with E-state index in [4.69, 9.17) is 4.74 Å². The van der Waals surface area contributed by atoms with Crippen molar-refractivity contribution in [3.05, 3.63) is 28.8 Å². The van der Waals surface area contributed by atoms with E-state index in [1.165, 1.54) is 0 Å². The van der Waals surface area contributed by atoms with E-state index >= 15 is 0 Å². The van der Waals surface area contributed by atoms with Crippen LogP contribution in [0.3, 0.4) is 0 Å². The Bertz CT molecular complexity index is 408. The van der Waals surface area contributed by atoms with Crippen molar-refractivity contribution in [3.8, 4) is 5.75 Å². The van der Waals surface area contributed by atoms with Crippen LogP contribution in [0.15, 0.2) is 12.1 Å². The van der Waals surface area contributed by atoms with Crippen molar-refractivity contribution in [2.75, 3.05) is 6.61 Å². The van der Waals surface area contributed by atoms with Crippen LogP contribution in [0.5, 0.6) is 5.75 Å². The summed E-state index contributed by atoms with van der Waals surface area (Å²) in [4.78, 5) is 11.3. The summed E-state index contributed by atoms with van der Waals surface area (Å²) < 4.78 is 5.64. The second-order valence-corrected chi connectivity index (χ2v) is 4.48. The molecule has 0 aliphatic rings. The third-order valence-corrected chi connectivity index (χ3v) is 2.68. The number of benzene rings is 1. The summed E-state index contributed by atoms with van der Waals surface area (Å²) in [6.07, 6.45) is 0.866. The maximum atomic E-state index is 11.3. The van der Waals surface area contributed by atoms with Crippen molar-refractivity contribution in [2.45, 2.75) is 40.0 Å². The second kappa shape index (κ2) is 5.71. The summed E-state index contributed by atoms with van der Waals surface area (Å²) in [7, 11) is 0. The van der Waals surface area contributed by atoms with Crippen LogP contribution < -0.4 is 4.74 Å². The smallest absolute Gasteiger partial charge is 0.339 e. The Morgan fingerprint density at radius 3 is 2.53 bits per heavy atom. The SMILES string of the molecule is CCCOc1c(C(C)C)ccc(C)c1C(=O)O. The molecule has 0 atom stereocenters. The van der Waals surface area contributed by atoms with Crippen LogP contribution in [-0.4, -0.2) is 17.7 Å². The molecular weight excluding hydrogens is 216 g/mol. The summed E-state index contributed by atoms with van der Waals surface area (Å²) in [6, 6.07) is 3.80. The van der Waals surface area contributed by atoms with Gasteiger partial charge in [-0.3, -0.25) is 0 Å². The summed E-state index contributed by atoms with van der Waals surface area (Å²) in [6.45, 7) is 8.42. The van der Waals surface area contributed by atoms with E-state index in [1.807, 2.05) is 32.9 Å². The van der Waals surface area contributed by atoms with Gasteiger partial charge >= 0.3 is 5.97 Å². The van der Waals surface area contributed by atoms with Gasteiger partial charge in [0.05, 0.1) is 6.61 Å². The van der Waals surface area contributed by atoms with Crippen molar-refractivity contribution in [3.63, 3.8) is 0 Å². The Morgan fingerprint density at radius 2 is 2.06 bits per heavy atom. The highest BCUT2D eigenvalue weighted by atomic mass is 16.5. The first kappa shape index (κ1) is 13.6. The zero-order valence-corrected chi connectivity index (χ0v) is 10.9. The Labute approximate surface area is 102 Å². The van der Waals surface area contributed by atoms with Crippen molar-refractivity contribution < 1.29 is 14.6 Å². The zero-order valence-electron chi connectivity index (χ0n) is 10.9. The first-order chi connectivity index (χ1) is 7.99. The minimum Gasteiger partial charge on any atom is -0.492 e. The number of carboxylic acid groups (broad SMARTS) is 1. The first-order valence-corrected chi connectivity index (χ1v) is 5.98. The number of rotatable bonds is 5. The molecule has 0 radical (unpaired) electrons. The lowest BCUT2D eigenvalue weighted by Gasteiger charge is -2.17. The molecule has 0 fully saturated rings. The summed E-state index contributed by atoms with van der Waals surface area (Å²) in [5, 5.41) is 9.27. The maximum absolute atomic E-state index is 11.3. The van der Waals surface area contributed by atoms with Crippen LogP contribution in [0.2, 0.25) is 0 Å². The Kier molecular flexibility index (Phi) is 4.55. The topological polar surface area (TPSA) is 46.5 Å². The molecule has 0 amide bonds. The molecule has 0 heterocycles. The first-order valence-electron chi connectivity index (χ1n) is 5.98. The molecule has 1 N–H and O–H groups in total.